The molecule has 1 aliphatic rings. The summed E-state index contributed by atoms with van der Waals surface area (Å²) in [5, 5.41) is 11.7. The zero-order chi connectivity index (χ0) is 15.6. The van der Waals surface area contributed by atoms with Gasteiger partial charge in [0.25, 0.3) is 0 Å². The van der Waals surface area contributed by atoms with Crippen molar-refractivity contribution in [2.45, 2.75) is 32.5 Å². The number of morpholine rings is 1. The third-order valence-corrected chi connectivity index (χ3v) is 3.11. The number of carbonyl (C=O) groups is 2. The second kappa shape index (κ2) is 5.69. The lowest BCUT2D eigenvalue weighted by atomic mass is 10.1. The van der Waals surface area contributed by atoms with Crippen LogP contribution in [0, 0.1) is 0 Å². The molecule has 7 nitrogen and oxygen atoms in total. The van der Waals surface area contributed by atoms with E-state index in [0.29, 0.717) is 13.1 Å². The van der Waals surface area contributed by atoms with Crippen LogP contribution in [-0.2, 0) is 4.74 Å². The normalized spacial score (nSPS) is 20.9. The number of pyridine rings is 1. The number of hydrogen-bond donors (Lipinski definition) is 2. The van der Waals surface area contributed by atoms with E-state index in [2.05, 4.69) is 10.3 Å². The van der Waals surface area contributed by atoms with Crippen LogP contribution in [-0.4, -0.2) is 51.8 Å². The minimum atomic E-state index is -1.18. The molecule has 1 saturated heterocycles. The summed E-state index contributed by atoms with van der Waals surface area (Å²) in [4.78, 5) is 28.8. The zero-order valence-electron chi connectivity index (χ0n) is 12.3. The molecule has 114 valence electrons. The zero-order valence-corrected chi connectivity index (χ0v) is 12.3. The van der Waals surface area contributed by atoms with Crippen LogP contribution in [0.15, 0.2) is 18.3 Å². The Morgan fingerprint density at radius 1 is 1.52 bits per heavy atom. The van der Waals surface area contributed by atoms with Gasteiger partial charge in [-0.15, -0.1) is 0 Å². The van der Waals surface area contributed by atoms with E-state index in [9.17, 15) is 9.59 Å². The number of aromatic carboxylic acids is 1. The average Bonchev–Trinajstić information content (AvgIpc) is 2.36. The van der Waals surface area contributed by atoms with Crippen LogP contribution in [0.25, 0.3) is 0 Å². The number of anilines is 1. The van der Waals surface area contributed by atoms with E-state index in [0.717, 1.165) is 0 Å². The van der Waals surface area contributed by atoms with Crippen molar-refractivity contribution < 1.29 is 19.4 Å². The summed E-state index contributed by atoms with van der Waals surface area (Å²) in [5.74, 6) is -1.18. The average molecular weight is 293 g/mol. The number of nitrogens with zero attached hydrogens (tertiary/aromatic N) is 2. The van der Waals surface area contributed by atoms with Gasteiger partial charge in [-0.25, -0.2) is 14.6 Å². The number of hydrogen-bond acceptors (Lipinski definition) is 4. The van der Waals surface area contributed by atoms with Gasteiger partial charge in [-0.2, -0.15) is 0 Å². The van der Waals surface area contributed by atoms with E-state index in [-0.39, 0.29) is 23.5 Å². The molecule has 21 heavy (non-hydrogen) atoms. The fourth-order valence-electron chi connectivity index (χ4n) is 2.48. The van der Waals surface area contributed by atoms with Crippen LogP contribution in [0.2, 0.25) is 0 Å². The molecule has 7 heteroatoms. The summed E-state index contributed by atoms with van der Waals surface area (Å²) in [5.41, 5.74) is -0.419. The maximum Gasteiger partial charge on any atom is 0.356 e. The van der Waals surface area contributed by atoms with Gasteiger partial charge >= 0.3 is 12.0 Å². The van der Waals surface area contributed by atoms with Gasteiger partial charge in [0.1, 0.15) is 0 Å². The molecule has 1 unspecified atom stereocenters. The van der Waals surface area contributed by atoms with Gasteiger partial charge in [-0.1, -0.05) is 0 Å². The van der Waals surface area contributed by atoms with Crippen LogP contribution < -0.4 is 5.32 Å². The maximum absolute atomic E-state index is 12.3. The van der Waals surface area contributed by atoms with Crippen LogP contribution >= 0.6 is 0 Å². The maximum atomic E-state index is 12.3. The second-order valence-electron chi connectivity index (χ2n) is 5.70. The number of nitrogens with one attached hydrogen (secondary N) is 1. The minimum Gasteiger partial charge on any atom is -0.476 e. The monoisotopic (exact) mass is 293 g/mol. The van der Waals surface area contributed by atoms with Crippen molar-refractivity contribution in [1.29, 1.82) is 0 Å². The molecular weight excluding hydrogens is 274 g/mol. The lowest BCUT2D eigenvalue weighted by Gasteiger charge is -2.41. The van der Waals surface area contributed by atoms with Crippen molar-refractivity contribution in [2.24, 2.45) is 0 Å². The summed E-state index contributed by atoms with van der Waals surface area (Å²) in [6.45, 7) is 6.61. The van der Waals surface area contributed by atoms with Crippen LogP contribution in [0.4, 0.5) is 10.5 Å². The molecule has 1 aromatic heterocycles. The Morgan fingerprint density at radius 3 is 2.86 bits per heavy atom. The standard InChI is InChI=1S/C14H19N3O4/c1-9-7-17(8-14(2,3)21-9)13(20)16-10-5-4-6-15-11(10)12(18)19/h4-6,9H,7-8H2,1-3H3,(H,16,20)(H,18,19). The quantitative estimate of drug-likeness (QED) is 0.867. The van der Waals surface area contributed by atoms with Crippen LogP contribution in [0.1, 0.15) is 31.3 Å². The molecule has 0 spiro atoms. The number of aromatic nitrogens is 1. The Hall–Kier alpha value is -2.15. The first-order valence-corrected chi connectivity index (χ1v) is 6.70. The molecule has 0 aliphatic carbocycles. The topological polar surface area (TPSA) is 91.8 Å². The minimum absolute atomic E-state index is 0.0765. The summed E-state index contributed by atoms with van der Waals surface area (Å²) in [6, 6.07) is 2.74. The van der Waals surface area contributed by atoms with Gasteiger partial charge in [0.15, 0.2) is 5.69 Å². The molecule has 2 N–H and O–H groups in total. The lowest BCUT2D eigenvalue weighted by Crippen LogP contribution is -2.54. The van der Waals surface area contributed by atoms with E-state index in [1.165, 1.54) is 12.3 Å². The number of amides is 2. The molecule has 1 aliphatic heterocycles. The molecule has 2 heterocycles. The van der Waals surface area contributed by atoms with E-state index >= 15 is 0 Å². The van der Waals surface area contributed by atoms with Crippen LogP contribution in [0.3, 0.4) is 0 Å². The highest BCUT2D eigenvalue weighted by Crippen LogP contribution is 2.22. The van der Waals surface area contributed by atoms with Gasteiger partial charge in [0, 0.05) is 12.7 Å². The van der Waals surface area contributed by atoms with Crippen molar-refractivity contribution in [3.05, 3.63) is 24.0 Å². The van der Waals surface area contributed by atoms with Gasteiger partial charge in [-0.3, -0.25) is 0 Å². The van der Waals surface area contributed by atoms with Crippen molar-refractivity contribution in [3.8, 4) is 0 Å². The number of carboxylic acid groups (broad SMARTS) is 1. The first-order chi connectivity index (χ1) is 9.78. The van der Waals surface area contributed by atoms with Gasteiger partial charge in [0.05, 0.1) is 23.9 Å². The molecule has 2 amide bonds. The van der Waals surface area contributed by atoms with Crippen LogP contribution in [0.5, 0.6) is 0 Å². The molecule has 1 atom stereocenters. The number of carboxylic acids is 1. The molecule has 1 aromatic rings. The number of rotatable bonds is 2. The Balaban J connectivity index is 2.13. The molecule has 0 radical (unpaired) electrons. The summed E-state index contributed by atoms with van der Waals surface area (Å²) < 4.78 is 5.74. The third kappa shape index (κ3) is 3.69. The molecule has 1 fully saturated rings. The Labute approximate surface area is 122 Å². The Kier molecular flexibility index (Phi) is 4.13. The van der Waals surface area contributed by atoms with Gasteiger partial charge in [0.2, 0.25) is 0 Å². The van der Waals surface area contributed by atoms with Gasteiger partial charge < -0.3 is 20.1 Å². The predicted octanol–water partition coefficient (Wildman–Crippen LogP) is 1.81. The first-order valence-electron chi connectivity index (χ1n) is 6.70. The Bertz CT molecular complexity index is 559. The fourth-order valence-corrected chi connectivity index (χ4v) is 2.48. The molecular formula is C14H19N3O4. The van der Waals surface area contributed by atoms with Crippen molar-refractivity contribution in [3.63, 3.8) is 0 Å². The van der Waals surface area contributed by atoms with Crippen molar-refractivity contribution in [1.82, 2.24) is 9.88 Å². The van der Waals surface area contributed by atoms with E-state index in [4.69, 9.17) is 9.84 Å². The van der Waals surface area contributed by atoms with E-state index in [1.807, 2.05) is 20.8 Å². The van der Waals surface area contributed by atoms with Gasteiger partial charge in [-0.05, 0) is 32.9 Å². The molecule has 0 aromatic carbocycles. The largest absolute Gasteiger partial charge is 0.476 e. The van der Waals surface area contributed by atoms with Crippen molar-refractivity contribution in [2.75, 3.05) is 18.4 Å². The lowest BCUT2D eigenvalue weighted by molar-refractivity contribution is -0.116. The third-order valence-electron chi connectivity index (χ3n) is 3.11. The predicted molar refractivity (Wildman–Crippen MR) is 76.4 cm³/mol. The molecule has 2 rings (SSSR count). The molecule has 0 saturated carbocycles. The SMILES string of the molecule is CC1CN(C(=O)Nc2cccnc2C(=O)O)CC(C)(C)O1. The number of carbonyl (C=O) groups excluding carboxylic acids is 1. The smallest absolute Gasteiger partial charge is 0.356 e. The highest BCUT2D eigenvalue weighted by molar-refractivity contribution is 5.98. The summed E-state index contributed by atoms with van der Waals surface area (Å²) in [6.07, 6.45) is 1.30. The van der Waals surface area contributed by atoms with E-state index in [1.54, 1.807) is 11.0 Å². The number of urea groups is 1. The fraction of sp³-hybridized carbons (Fsp3) is 0.500. The Morgan fingerprint density at radius 2 is 2.24 bits per heavy atom. The highest BCUT2D eigenvalue weighted by Gasteiger charge is 2.34. The first kappa shape index (κ1) is 15.2. The number of ether oxygens (including phenoxy) is 1. The summed E-state index contributed by atoms with van der Waals surface area (Å²) >= 11 is 0. The summed E-state index contributed by atoms with van der Waals surface area (Å²) in [7, 11) is 0. The second-order valence-corrected chi connectivity index (χ2v) is 5.70. The van der Waals surface area contributed by atoms with E-state index < -0.39 is 11.6 Å². The van der Waals surface area contributed by atoms with Crippen molar-refractivity contribution >= 4 is 17.7 Å². The molecule has 0 bridgehead atoms. The highest BCUT2D eigenvalue weighted by atomic mass is 16.5.